The van der Waals surface area contributed by atoms with E-state index in [0.717, 1.165) is 39.9 Å². The fourth-order valence-corrected chi connectivity index (χ4v) is 6.39. The maximum atomic E-state index is 14.4. The van der Waals surface area contributed by atoms with Crippen molar-refractivity contribution in [2.75, 3.05) is 0 Å². The molecular weight excluding hydrogens is 542 g/mol. The number of hydrogen-bond donors (Lipinski definition) is 1. The van der Waals surface area contributed by atoms with E-state index in [2.05, 4.69) is 19.1 Å². The molecule has 0 radical (unpaired) electrons. The van der Waals surface area contributed by atoms with E-state index in [0.29, 0.717) is 62.1 Å². The number of aromatic nitrogens is 4. The molecule has 1 aliphatic rings. The molecule has 224 valence electrons. The number of fused-ring (bicyclic) bond motifs is 1. The fourth-order valence-electron chi connectivity index (χ4n) is 6.39. The SMILES string of the molecule is CCCc1c(Cc2ccc(-c3ccccc3C#N)c(C)c2)c(=O)n(C2CCC(OC(CC)C(=O)O)CC2)c2nc(C)nn12. The molecule has 2 aromatic heterocycles. The van der Waals surface area contributed by atoms with Crippen molar-refractivity contribution in [3.63, 3.8) is 0 Å². The van der Waals surface area contributed by atoms with Gasteiger partial charge in [0.25, 0.3) is 5.56 Å². The number of aryl methyl sites for hydroxylation is 3. The summed E-state index contributed by atoms with van der Waals surface area (Å²) in [5.74, 6) is 0.245. The first-order valence-corrected chi connectivity index (χ1v) is 15.2. The molecule has 1 fully saturated rings. The van der Waals surface area contributed by atoms with Crippen LogP contribution in [0.2, 0.25) is 0 Å². The molecule has 9 nitrogen and oxygen atoms in total. The second kappa shape index (κ2) is 12.9. The molecular formula is C34H39N5O4. The predicted octanol–water partition coefficient (Wildman–Crippen LogP) is 5.95. The Morgan fingerprint density at radius 1 is 1.12 bits per heavy atom. The summed E-state index contributed by atoms with van der Waals surface area (Å²) in [6.07, 6.45) is 4.23. The zero-order chi connectivity index (χ0) is 30.7. The van der Waals surface area contributed by atoms with Gasteiger partial charge in [0.2, 0.25) is 5.78 Å². The standard InChI is InChI=1S/C34H39N5O4/c1-5-9-30-29(19-23-12-17-27(21(3)18-23)28-11-8-7-10-24(28)20-35)32(40)38(34-36-22(4)37-39(30)34)25-13-15-26(16-14-25)43-31(6-2)33(41)42/h7-8,10-12,17-18,25-26,31H,5-6,9,13-16,19H2,1-4H3,(H,41,42). The monoisotopic (exact) mass is 581 g/mol. The summed E-state index contributed by atoms with van der Waals surface area (Å²) in [6, 6.07) is 16.0. The quantitative estimate of drug-likeness (QED) is 0.245. The topological polar surface area (TPSA) is 123 Å². The van der Waals surface area contributed by atoms with Crippen LogP contribution in [0.1, 0.15) is 92.2 Å². The third-order valence-electron chi connectivity index (χ3n) is 8.50. The van der Waals surface area contributed by atoms with Gasteiger partial charge in [0.1, 0.15) is 5.82 Å². The number of carboxylic acid groups (broad SMARTS) is 1. The van der Waals surface area contributed by atoms with Crippen LogP contribution in [0.25, 0.3) is 16.9 Å². The Hall–Kier alpha value is -4.29. The van der Waals surface area contributed by atoms with E-state index >= 15 is 0 Å². The molecule has 43 heavy (non-hydrogen) atoms. The summed E-state index contributed by atoms with van der Waals surface area (Å²) < 4.78 is 9.58. The Morgan fingerprint density at radius 3 is 2.51 bits per heavy atom. The molecule has 2 heterocycles. The van der Waals surface area contributed by atoms with Crippen molar-refractivity contribution in [1.29, 1.82) is 5.26 Å². The number of carboxylic acids is 1. The lowest BCUT2D eigenvalue weighted by atomic mass is 9.91. The van der Waals surface area contributed by atoms with Crippen molar-refractivity contribution in [2.45, 2.75) is 97.3 Å². The summed E-state index contributed by atoms with van der Waals surface area (Å²) in [5.41, 5.74) is 6.16. The highest BCUT2D eigenvalue weighted by atomic mass is 16.5. The van der Waals surface area contributed by atoms with Crippen molar-refractivity contribution in [3.8, 4) is 17.2 Å². The van der Waals surface area contributed by atoms with Gasteiger partial charge in [0, 0.05) is 18.0 Å². The van der Waals surface area contributed by atoms with Gasteiger partial charge in [-0.3, -0.25) is 9.36 Å². The Kier molecular flexibility index (Phi) is 9.07. The largest absolute Gasteiger partial charge is 0.479 e. The van der Waals surface area contributed by atoms with Crippen molar-refractivity contribution < 1.29 is 14.6 Å². The number of ether oxygens (including phenoxy) is 1. The third-order valence-corrected chi connectivity index (χ3v) is 8.50. The van der Waals surface area contributed by atoms with E-state index in [4.69, 9.17) is 14.8 Å². The van der Waals surface area contributed by atoms with Gasteiger partial charge in [-0.15, -0.1) is 0 Å². The van der Waals surface area contributed by atoms with Gasteiger partial charge in [-0.25, -0.2) is 9.31 Å². The van der Waals surface area contributed by atoms with Gasteiger partial charge in [-0.05, 0) is 80.7 Å². The molecule has 0 spiro atoms. The average molecular weight is 582 g/mol. The third kappa shape index (κ3) is 6.11. The fraction of sp³-hybridized carbons (Fsp3) is 0.441. The van der Waals surface area contributed by atoms with Gasteiger partial charge < -0.3 is 9.84 Å². The Bertz CT molecular complexity index is 1740. The minimum atomic E-state index is -0.935. The number of nitrogens with zero attached hydrogens (tertiary/aromatic N) is 5. The molecule has 0 amide bonds. The Labute approximate surface area is 251 Å². The lowest BCUT2D eigenvalue weighted by Gasteiger charge is -2.31. The number of aliphatic carboxylic acids is 1. The van der Waals surface area contributed by atoms with Crippen LogP contribution in [0.5, 0.6) is 0 Å². The Morgan fingerprint density at radius 2 is 1.86 bits per heavy atom. The second-order valence-corrected chi connectivity index (χ2v) is 11.5. The zero-order valence-corrected chi connectivity index (χ0v) is 25.3. The predicted molar refractivity (Wildman–Crippen MR) is 164 cm³/mol. The van der Waals surface area contributed by atoms with Crippen molar-refractivity contribution in [1.82, 2.24) is 19.2 Å². The molecule has 1 aliphatic carbocycles. The van der Waals surface area contributed by atoms with Crippen LogP contribution in [0.3, 0.4) is 0 Å². The lowest BCUT2D eigenvalue weighted by Crippen LogP contribution is -2.36. The van der Waals surface area contributed by atoms with Crippen LogP contribution in [0.15, 0.2) is 47.3 Å². The molecule has 4 aromatic rings. The molecule has 2 aromatic carbocycles. The van der Waals surface area contributed by atoms with E-state index < -0.39 is 12.1 Å². The van der Waals surface area contributed by atoms with Crippen LogP contribution in [-0.2, 0) is 22.4 Å². The summed E-state index contributed by atoms with van der Waals surface area (Å²) in [4.78, 5) is 30.6. The number of rotatable bonds is 10. The van der Waals surface area contributed by atoms with Gasteiger partial charge in [0.15, 0.2) is 6.10 Å². The molecule has 5 rings (SSSR count). The molecule has 1 N–H and O–H groups in total. The molecule has 0 saturated heterocycles. The van der Waals surface area contributed by atoms with Crippen molar-refractivity contribution in [2.24, 2.45) is 0 Å². The molecule has 0 aliphatic heterocycles. The zero-order valence-electron chi connectivity index (χ0n) is 25.3. The van der Waals surface area contributed by atoms with Gasteiger partial charge in [-0.2, -0.15) is 15.3 Å². The first-order chi connectivity index (χ1) is 20.7. The van der Waals surface area contributed by atoms with Crippen LogP contribution < -0.4 is 5.56 Å². The maximum Gasteiger partial charge on any atom is 0.332 e. The van der Waals surface area contributed by atoms with Crippen LogP contribution >= 0.6 is 0 Å². The highest BCUT2D eigenvalue weighted by Gasteiger charge is 2.30. The summed E-state index contributed by atoms with van der Waals surface area (Å²) in [6.45, 7) is 7.79. The van der Waals surface area contributed by atoms with E-state index in [-0.39, 0.29) is 17.7 Å². The smallest absolute Gasteiger partial charge is 0.332 e. The van der Waals surface area contributed by atoms with Crippen LogP contribution in [-0.4, -0.2) is 42.4 Å². The van der Waals surface area contributed by atoms with Gasteiger partial charge >= 0.3 is 5.97 Å². The van der Waals surface area contributed by atoms with E-state index in [1.54, 1.807) is 0 Å². The number of nitriles is 1. The van der Waals surface area contributed by atoms with Crippen molar-refractivity contribution >= 4 is 11.7 Å². The summed E-state index contributed by atoms with van der Waals surface area (Å²) in [5, 5.41) is 23.8. The van der Waals surface area contributed by atoms with E-state index in [1.807, 2.05) is 66.3 Å². The number of carbonyl (C=O) groups is 1. The van der Waals surface area contributed by atoms with E-state index in [1.165, 1.54) is 0 Å². The first-order valence-electron chi connectivity index (χ1n) is 15.2. The summed E-state index contributed by atoms with van der Waals surface area (Å²) in [7, 11) is 0. The maximum absolute atomic E-state index is 14.4. The van der Waals surface area contributed by atoms with Crippen LogP contribution in [0.4, 0.5) is 0 Å². The van der Waals surface area contributed by atoms with E-state index in [9.17, 15) is 20.0 Å². The molecule has 9 heteroatoms. The second-order valence-electron chi connectivity index (χ2n) is 11.5. The van der Waals surface area contributed by atoms with Gasteiger partial charge in [0.05, 0.1) is 23.4 Å². The van der Waals surface area contributed by atoms with Crippen molar-refractivity contribution in [3.05, 3.63) is 86.6 Å². The summed E-state index contributed by atoms with van der Waals surface area (Å²) >= 11 is 0. The lowest BCUT2D eigenvalue weighted by molar-refractivity contribution is -0.156. The van der Waals surface area contributed by atoms with Crippen LogP contribution in [0, 0.1) is 25.2 Å². The number of benzene rings is 2. The highest BCUT2D eigenvalue weighted by molar-refractivity contribution is 5.73. The molecule has 1 saturated carbocycles. The molecule has 0 bridgehead atoms. The highest BCUT2D eigenvalue weighted by Crippen LogP contribution is 2.32. The normalized spacial score (nSPS) is 17.6. The number of hydrogen-bond acceptors (Lipinski definition) is 6. The van der Waals surface area contributed by atoms with Gasteiger partial charge in [-0.1, -0.05) is 56.7 Å². The molecule has 1 atom stereocenters. The average Bonchev–Trinajstić information content (AvgIpc) is 3.39. The Balaban J connectivity index is 1.51. The molecule has 1 unspecified atom stereocenters. The minimum Gasteiger partial charge on any atom is -0.479 e. The first kappa shape index (κ1) is 30.2. The minimum absolute atomic E-state index is 0.0405.